The third-order valence-electron chi connectivity index (χ3n) is 3.17. The summed E-state index contributed by atoms with van der Waals surface area (Å²) in [5, 5.41) is 36.2. The zero-order valence-electron chi connectivity index (χ0n) is 10.6. The molecule has 20 heavy (non-hydrogen) atoms. The van der Waals surface area contributed by atoms with Crippen LogP contribution in [0.1, 0.15) is 5.56 Å². The molecule has 0 aliphatic carbocycles. The average molecular weight is 305 g/mol. The van der Waals surface area contributed by atoms with Crippen molar-refractivity contribution in [3.8, 4) is 0 Å². The van der Waals surface area contributed by atoms with Crippen molar-refractivity contribution in [2.45, 2.75) is 29.7 Å². The highest BCUT2D eigenvalue weighted by atomic mass is 35.5. The van der Waals surface area contributed by atoms with E-state index in [1.54, 1.807) is 30.3 Å². The molecule has 7 heteroatoms. The molecule has 112 valence electrons. The number of hydrogen-bond acceptors (Lipinski definition) is 6. The Morgan fingerprint density at radius 3 is 2.40 bits per heavy atom. The first-order valence-corrected chi connectivity index (χ1v) is 6.57. The lowest BCUT2D eigenvalue weighted by atomic mass is 10.0. The van der Waals surface area contributed by atoms with Gasteiger partial charge in [0.2, 0.25) is 0 Å². The van der Waals surface area contributed by atoms with Crippen LogP contribution in [0.25, 0.3) is 0 Å². The first kappa shape index (κ1) is 15.7. The van der Waals surface area contributed by atoms with Crippen molar-refractivity contribution in [2.75, 3.05) is 13.2 Å². The third-order valence-corrected chi connectivity index (χ3v) is 3.57. The van der Waals surface area contributed by atoms with Crippen LogP contribution < -0.4 is 0 Å². The van der Waals surface area contributed by atoms with E-state index >= 15 is 0 Å². The largest absolute Gasteiger partial charge is 0.394 e. The normalized spacial score (nSPS) is 35.8. The molecular formula is C13H17ClO6. The number of aliphatic hydroxyl groups is 4. The fourth-order valence-electron chi connectivity index (χ4n) is 2.08. The minimum Gasteiger partial charge on any atom is -0.394 e. The van der Waals surface area contributed by atoms with Gasteiger partial charge in [0.1, 0.15) is 24.4 Å². The van der Waals surface area contributed by atoms with Crippen molar-refractivity contribution in [1.82, 2.24) is 0 Å². The SMILES string of the molecule is OC[C@H](O)[C@H]1OC(Cl)(c2ccccc2)O[C@H](CO)[C@H]1O. The topological polar surface area (TPSA) is 99.4 Å². The van der Waals surface area contributed by atoms with E-state index in [0.29, 0.717) is 5.56 Å². The van der Waals surface area contributed by atoms with Gasteiger partial charge in [-0.05, 0) is 0 Å². The summed E-state index contributed by atoms with van der Waals surface area (Å²) >= 11 is 6.28. The molecule has 2 rings (SSSR count). The summed E-state index contributed by atoms with van der Waals surface area (Å²) < 4.78 is 10.8. The van der Waals surface area contributed by atoms with Gasteiger partial charge in [-0.3, -0.25) is 0 Å². The summed E-state index contributed by atoms with van der Waals surface area (Å²) in [6.07, 6.45) is -4.86. The van der Waals surface area contributed by atoms with Crippen LogP contribution in [0.15, 0.2) is 30.3 Å². The van der Waals surface area contributed by atoms with Gasteiger partial charge in [0, 0.05) is 5.56 Å². The summed E-state index contributed by atoms with van der Waals surface area (Å²) in [5.74, 6) is 0. The summed E-state index contributed by atoms with van der Waals surface area (Å²) in [6.45, 7) is -1.11. The second-order valence-electron chi connectivity index (χ2n) is 4.56. The standard InChI is InChI=1S/C13H17ClO6/c14-13(8-4-2-1-3-5-8)19-10(7-16)11(18)12(20-13)9(17)6-15/h1-5,9-12,15-18H,6-7H2/t9-,10+,11+,12+,13?/m0/s1. The van der Waals surface area contributed by atoms with Crippen LogP contribution in [0, 0.1) is 0 Å². The molecule has 4 N–H and O–H groups in total. The van der Waals surface area contributed by atoms with Crippen LogP contribution in [-0.4, -0.2) is 58.1 Å². The molecule has 6 nitrogen and oxygen atoms in total. The quantitative estimate of drug-likeness (QED) is 0.561. The molecular weight excluding hydrogens is 288 g/mol. The number of ether oxygens (including phenoxy) is 2. The molecule has 5 atom stereocenters. The van der Waals surface area contributed by atoms with Gasteiger partial charge < -0.3 is 29.9 Å². The fourth-order valence-corrected chi connectivity index (χ4v) is 2.42. The minimum absolute atomic E-state index is 0.460. The maximum absolute atomic E-state index is 9.97. The van der Waals surface area contributed by atoms with Gasteiger partial charge in [-0.1, -0.05) is 41.9 Å². The minimum atomic E-state index is -1.74. The van der Waals surface area contributed by atoms with Crippen molar-refractivity contribution >= 4 is 11.6 Å². The summed E-state index contributed by atoms with van der Waals surface area (Å²) in [6, 6.07) is 8.54. The van der Waals surface area contributed by atoms with Crippen LogP contribution in [-0.2, 0) is 14.7 Å². The van der Waals surface area contributed by atoms with Gasteiger partial charge in [0.05, 0.1) is 13.2 Å². The maximum Gasteiger partial charge on any atom is 0.277 e. The smallest absolute Gasteiger partial charge is 0.277 e. The molecule has 0 aromatic heterocycles. The van der Waals surface area contributed by atoms with Gasteiger partial charge >= 0.3 is 0 Å². The highest BCUT2D eigenvalue weighted by molar-refractivity contribution is 6.22. The Bertz CT molecular complexity index is 430. The zero-order valence-corrected chi connectivity index (χ0v) is 11.3. The first-order valence-electron chi connectivity index (χ1n) is 6.19. The zero-order chi connectivity index (χ0) is 14.8. The lowest BCUT2D eigenvalue weighted by molar-refractivity contribution is -0.334. The molecule has 0 bridgehead atoms. The molecule has 1 aliphatic heterocycles. The number of halogens is 1. The average Bonchev–Trinajstić information content (AvgIpc) is 2.49. The predicted molar refractivity (Wildman–Crippen MR) is 69.9 cm³/mol. The van der Waals surface area contributed by atoms with E-state index in [2.05, 4.69) is 0 Å². The van der Waals surface area contributed by atoms with Crippen molar-refractivity contribution in [3.05, 3.63) is 35.9 Å². The third kappa shape index (κ3) is 2.96. The lowest BCUT2D eigenvalue weighted by Crippen LogP contribution is -2.58. The van der Waals surface area contributed by atoms with Gasteiger partial charge in [0.15, 0.2) is 0 Å². The number of aliphatic hydroxyl groups excluding tert-OH is 4. The van der Waals surface area contributed by atoms with Crippen molar-refractivity contribution < 1.29 is 29.9 Å². The Morgan fingerprint density at radius 2 is 1.85 bits per heavy atom. The van der Waals surface area contributed by atoms with Crippen LogP contribution in [0.3, 0.4) is 0 Å². The molecule has 0 amide bonds. The van der Waals surface area contributed by atoms with E-state index in [0.717, 1.165) is 0 Å². The highest BCUT2D eigenvalue weighted by Gasteiger charge is 2.49. The van der Waals surface area contributed by atoms with Crippen LogP contribution >= 0.6 is 11.6 Å². The van der Waals surface area contributed by atoms with E-state index in [9.17, 15) is 15.3 Å². The van der Waals surface area contributed by atoms with Crippen molar-refractivity contribution in [1.29, 1.82) is 0 Å². The molecule has 1 aromatic carbocycles. The summed E-state index contributed by atoms with van der Waals surface area (Å²) in [5.41, 5.74) is 0.460. The van der Waals surface area contributed by atoms with Crippen LogP contribution in [0.4, 0.5) is 0 Å². The molecule has 0 radical (unpaired) electrons. The Balaban J connectivity index is 2.31. The van der Waals surface area contributed by atoms with Crippen molar-refractivity contribution in [3.63, 3.8) is 0 Å². The Labute approximate surface area is 121 Å². The van der Waals surface area contributed by atoms with Crippen molar-refractivity contribution in [2.24, 2.45) is 0 Å². The lowest BCUT2D eigenvalue weighted by Gasteiger charge is -2.44. The molecule has 1 unspecified atom stereocenters. The van der Waals surface area contributed by atoms with E-state index in [-0.39, 0.29) is 0 Å². The van der Waals surface area contributed by atoms with E-state index in [1.165, 1.54) is 0 Å². The van der Waals surface area contributed by atoms with Gasteiger partial charge in [-0.2, -0.15) is 0 Å². The molecule has 1 heterocycles. The molecule has 1 fully saturated rings. The number of alkyl halides is 1. The second kappa shape index (κ2) is 6.36. The summed E-state index contributed by atoms with van der Waals surface area (Å²) in [7, 11) is 0. The number of benzene rings is 1. The number of hydrogen-bond donors (Lipinski definition) is 4. The van der Waals surface area contributed by atoms with E-state index in [4.69, 9.17) is 26.2 Å². The highest BCUT2D eigenvalue weighted by Crippen LogP contribution is 2.40. The molecule has 1 aliphatic rings. The predicted octanol–water partition coefficient (Wildman–Crippen LogP) is -0.474. The molecule has 1 aromatic rings. The Morgan fingerprint density at radius 1 is 1.20 bits per heavy atom. The number of rotatable bonds is 4. The maximum atomic E-state index is 9.97. The fraction of sp³-hybridized carbons (Fsp3) is 0.538. The first-order chi connectivity index (χ1) is 9.51. The van der Waals surface area contributed by atoms with Crippen LogP contribution in [0.5, 0.6) is 0 Å². The van der Waals surface area contributed by atoms with Crippen LogP contribution in [0.2, 0.25) is 0 Å². The Kier molecular flexibility index (Phi) is 4.98. The van der Waals surface area contributed by atoms with Gasteiger partial charge in [-0.15, -0.1) is 0 Å². The van der Waals surface area contributed by atoms with E-state index in [1.807, 2.05) is 0 Å². The Hall–Kier alpha value is -0.730. The summed E-state index contributed by atoms with van der Waals surface area (Å²) in [4.78, 5) is 0. The van der Waals surface area contributed by atoms with Gasteiger partial charge in [-0.25, -0.2) is 0 Å². The second-order valence-corrected chi connectivity index (χ2v) is 5.06. The molecule has 0 saturated carbocycles. The molecule has 1 saturated heterocycles. The van der Waals surface area contributed by atoms with Gasteiger partial charge in [0.25, 0.3) is 5.25 Å². The van der Waals surface area contributed by atoms with E-state index < -0.39 is 42.9 Å². The monoisotopic (exact) mass is 304 g/mol. The molecule has 0 spiro atoms.